The summed E-state index contributed by atoms with van der Waals surface area (Å²) in [5.41, 5.74) is 4.59. The van der Waals surface area contributed by atoms with Gasteiger partial charge >= 0.3 is 0 Å². The Morgan fingerprint density at radius 1 is 1.15 bits per heavy atom. The van der Waals surface area contributed by atoms with Crippen LogP contribution in [0.1, 0.15) is 29.3 Å². The van der Waals surface area contributed by atoms with Crippen LogP contribution < -0.4 is 10.1 Å². The fourth-order valence-corrected chi connectivity index (χ4v) is 2.09. The highest BCUT2D eigenvalue weighted by Crippen LogP contribution is 2.27. The van der Waals surface area contributed by atoms with Gasteiger partial charge in [-0.2, -0.15) is 0 Å². The smallest absolute Gasteiger partial charge is 0.219 e. The van der Waals surface area contributed by atoms with Gasteiger partial charge in [0.1, 0.15) is 5.75 Å². The summed E-state index contributed by atoms with van der Waals surface area (Å²) in [5, 5.41) is 3.27. The first-order chi connectivity index (χ1) is 9.60. The predicted molar refractivity (Wildman–Crippen MR) is 82.3 cm³/mol. The molecule has 0 unspecified atom stereocenters. The summed E-state index contributed by atoms with van der Waals surface area (Å²) in [7, 11) is 0. The van der Waals surface area contributed by atoms with Crippen LogP contribution in [0.4, 0.5) is 0 Å². The minimum atomic E-state index is 0.647. The fourth-order valence-electron chi connectivity index (χ4n) is 2.09. The van der Waals surface area contributed by atoms with Crippen molar-refractivity contribution in [3.63, 3.8) is 0 Å². The molecule has 1 N–H and O–H groups in total. The van der Waals surface area contributed by atoms with Crippen LogP contribution >= 0.6 is 0 Å². The lowest BCUT2D eigenvalue weighted by molar-refractivity contribution is 0.455. The minimum absolute atomic E-state index is 0.647. The van der Waals surface area contributed by atoms with E-state index in [0.29, 0.717) is 5.88 Å². The lowest BCUT2D eigenvalue weighted by atomic mass is 10.1. The highest BCUT2D eigenvalue weighted by molar-refractivity contribution is 5.43. The highest BCUT2D eigenvalue weighted by atomic mass is 16.5. The summed E-state index contributed by atoms with van der Waals surface area (Å²) < 4.78 is 5.95. The van der Waals surface area contributed by atoms with Crippen molar-refractivity contribution in [2.24, 2.45) is 0 Å². The number of ether oxygens (including phenoxy) is 1. The molecule has 1 heterocycles. The molecule has 1 aromatic carbocycles. The van der Waals surface area contributed by atoms with Crippen molar-refractivity contribution in [1.29, 1.82) is 0 Å². The van der Waals surface area contributed by atoms with Crippen LogP contribution in [0.2, 0.25) is 0 Å². The molecule has 20 heavy (non-hydrogen) atoms. The fraction of sp³-hybridized carbons (Fsp3) is 0.353. The zero-order valence-electron chi connectivity index (χ0n) is 12.7. The summed E-state index contributed by atoms with van der Waals surface area (Å²) in [5.74, 6) is 1.53. The van der Waals surface area contributed by atoms with E-state index in [9.17, 15) is 0 Å². The molecule has 106 valence electrons. The van der Waals surface area contributed by atoms with Crippen LogP contribution in [0, 0.1) is 20.8 Å². The molecule has 0 radical (unpaired) electrons. The van der Waals surface area contributed by atoms with Crippen LogP contribution in [0.3, 0.4) is 0 Å². The molecular weight excluding hydrogens is 248 g/mol. The second kappa shape index (κ2) is 6.53. The molecule has 3 nitrogen and oxygen atoms in total. The Kier molecular flexibility index (Phi) is 4.74. The van der Waals surface area contributed by atoms with Crippen LogP contribution in [-0.2, 0) is 6.54 Å². The van der Waals surface area contributed by atoms with E-state index in [1.165, 1.54) is 11.1 Å². The number of nitrogens with zero attached hydrogens (tertiary/aromatic N) is 1. The second-order valence-electron chi connectivity index (χ2n) is 5.05. The minimum Gasteiger partial charge on any atom is -0.439 e. The quantitative estimate of drug-likeness (QED) is 0.894. The van der Waals surface area contributed by atoms with Gasteiger partial charge in [0.15, 0.2) is 0 Å². The molecule has 0 atom stereocenters. The molecule has 3 heteroatoms. The molecule has 0 aliphatic carbocycles. The van der Waals surface area contributed by atoms with Gasteiger partial charge in [0, 0.05) is 12.6 Å². The summed E-state index contributed by atoms with van der Waals surface area (Å²) in [6.07, 6.45) is 0. The SMILES string of the molecule is CCNCc1cccc(Oc2cc(C)cc(C)c2C)n1. The summed E-state index contributed by atoms with van der Waals surface area (Å²) in [6.45, 7) is 10.0. The Labute approximate surface area is 121 Å². The Hall–Kier alpha value is -1.87. The van der Waals surface area contributed by atoms with Gasteiger partial charge in [-0.3, -0.25) is 0 Å². The van der Waals surface area contributed by atoms with Gasteiger partial charge in [-0.25, -0.2) is 4.98 Å². The Bertz CT molecular complexity index is 594. The molecule has 0 spiro atoms. The molecule has 2 aromatic rings. The van der Waals surface area contributed by atoms with Crippen LogP contribution in [-0.4, -0.2) is 11.5 Å². The van der Waals surface area contributed by atoms with E-state index < -0.39 is 0 Å². The van der Waals surface area contributed by atoms with Crippen molar-refractivity contribution < 1.29 is 4.74 Å². The number of hydrogen-bond donors (Lipinski definition) is 1. The highest BCUT2D eigenvalue weighted by Gasteiger charge is 2.06. The Balaban J connectivity index is 2.21. The third kappa shape index (κ3) is 3.58. The Morgan fingerprint density at radius 3 is 2.70 bits per heavy atom. The summed E-state index contributed by atoms with van der Waals surface area (Å²) >= 11 is 0. The maximum atomic E-state index is 5.95. The van der Waals surface area contributed by atoms with Gasteiger partial charge in [-0.05, 0) is 56.1 Å². The number of pyridine rings is 1. The van der Waals surface area contributed by atoms with Crippen molar-refractivity contribution in [3.05, 3.63) is 52.7 Å². The van der Waals surface area contributed by atoms with E-state index in [4.69, 9.17) is 4.74 Å². The number of aromatic nitrogens is 1. The first-order valence-electron chi connectivity index (χ1n) is 7.02. The lowest BCUT2D eigenvalue weighted by Gasteiger charge is -2.12. The van der Waals surface area contributed by atoms with Gasteiger partial charge in [-0.1, -0.05) is 19.1 Å². The van der Waals surface area contributed by atoms with E-state index in [0.717, 1.165) is 30.1 Å². The molecule has 0 saturated heterocycles. The average molecular weight is 270 g/mol. The first kappa shape index (κ1) is 14.5. The van der Waals surface area contributed by atoms with E-state index in [1.54, 1.807) is 0 Å². The summed E-state index contributed by atoms with van der Waals surface area (Å²) in [4.78, 5) is 4.52. The van der Waals surface area contributed by atoms with E-state index >= 15 is 0 Å². The van der Waals surface area contributed by atoms with Crippen LogP contribution in [0.15, 0.2) is 30.3 Å². The summed E-state index contributed by atoms with van der Waals surface area (Å²) in [6, 6.07) is 10.1. The molecule has 0 saturated carbocycles. The number of benzene rings is 1. The van der Waals surface area contributed by atoms with E-state index in [1.807, 2.05) is 18.2 Å². The number of aryl methyl sites for hydroxylation is 2. The zero-order valence-corrected chi connectivity index (χ0v) is 12.7. The lowest BCUT2D eigenvalue weighted by Crippen LogP contribution is -2.12. The number of hydrogen-bond acceptors (Lipinski definition) is 3. The van der Waals surface area contributed by atoms with Crippen molar-refractivity contribution in [2.45, 2.75) is 34.2 Å². The zero-order chi connectivity index (χ0) is 14.5. The molecule has 0 bridgehead atoms. The van der Waals surface area contributed by atoms with E-state index in [2.05, 4.69) is 50.1 Å². The standard InChI is InChI=1S/C17H22N2O/c1-5-18-11-15-7-6-8-17(19-15)20-16-10-12(2)9-13(3)14(16)4/h6-10,18H,5,11H2,1-4H3. The normalized spacial score (nSPS) is 10.6. The van der Waals surface area contributed by atoms with Gasteiger partial charge in [-0.15, -0.1) is 0 Å². The van der Waals surface area contributed by atoms with E-state index in [-0.39, 0.29) is 0 Å². The van der Waals surface area contributed by atoms with Crippen LogP contribution in [0.25, 0.3) is 0 Å². The molecular formula is C17H22N2O. The monoisotopic (exact) mass is 270 g/mol. The third-order valence-electron chi connectivity index (χ3n) is 3.32. The first-order valence-corrected chi connectivity index (χ1v) is 7.02. The van der Waals surface area contributed by atoms with Gasteiger partial charge in [0.05, 0.1) is 5.69 Å². The van der Waals surface area contributed by atoms with Crippen molar-refractivity contribution in [3.8, 4) is 11.6 Å². The molecule has 2 rings (SSSR count). The largest absolute Gasteiger partial charge is 0.439 e. The number of nitrogens with one attached hydrogen (secondary N) is 1. The van der Waals surface area contributed by atoms with Gasteiger partial charge in [0.2, 0.25) is 5.88 Å². The number of rotatable bonds is 5. The van der Waals surface area contributed by atoms with Gasteiger partial charge < -0.3 is 10.1 Å². The molecule has 0 aliphatic rings. The predicted octanol–water partition coefficient (Wildman–Crippen LogP) is 3.91. The average Bonchev–Trinajstić information content (AvgIpc) is 2.42. The van der Waals surface area contributed by atoms with Crippen LogP contribution in [0.5, 0.6) is 11.6 Å². The maximum absolute atomic E-state index is 5.95. The molecule has 0 amide bonds. The van der Waals surface area contributed by atoms with Gasteiger partial charge in [0.25, 0.3) is 0 Å². The topological polar surface area (TPSA) is 34.1 Å². The van der Waals surface area contributed by atoms with Crippen molar-refractivity contribution in [1.82, 2.24) is 10.3 Å². The van der Waals surface area contributed by atoms with Crippen molar-refractivity contribution >= 4 is 0 Å². The molecule has 1 aromatic heterocycles. The Morgan fingerprint density at radius 2 is 1.95 bits per heavy atom. The second-order valence-corrected chi connectivity index (χ2v) is 5.05. The third-order valence-corrected chi connectivity index (χ3v) is 3.32. The molecule has 0 aliphatic heterocycles. The maximum Gasteiger partial charge on any atom is 0.219 e. The molecule has 0 fully saturated rings. The van der Waals surface area contributed by atoms with Crippen molar-refractivity contribution in [2.75, 3.05) is 6.54 Å².